The molecule has 1 rings (SSSR count). The lowest BCUT2D eigenvalue weighted by Gasteiger charge is -2.21. The molecule has 0 aliphatic heterocycles. The van der Waals surface area contributed by atoms with Gasteiger partial charge >= 0.3 is 5.97 Å². The van der Waals surface area contributed by atoms with Gasteiger partial charge < -0.3 is 20.5 Å². The van der Waals surface area contributed by atoms with Crippen molar-refractivity contribution >= 4 is 11.7 Å². The van der Waals surface area contributed by atoms with Crippen molar-refractivity contribution in [2.45, 2.75) is 26.3 Å². The minimum atomic E-state index is -0.946. The van der Waals surface area contributed by atoms with E-state index in [-0.39, 0.29) is 11.1 Å². The summed E-state index contributed by atoms with van der Waals surface area (Å²) in [6, 6.07) is 4.76. The third-order valence-electron chi connectivity index (χ3n) is 2.54. The van der Waals surface area contributed by atoms with Crippen molar-refractivity contribution in [3.8, 4) is 5.75 Å². The number of carboxylic acid groups (broad SMARTS) is 1. The lowest BCUT2D eigenvalue weighted by Crippen LogP contribution is -2.38. The Bertz CT molecular complexity index is 439. The van der Waals surface area contributed by atoms with Crippen LogP contribution in [0.1, 0.15) is 31.1 Å². The second-order valence-corrected chi connectivity index (χ2v) is 5.32. The Morgan fingerprint density at radius 3 is 2.53 bits per heavy atom. The average Bonchev–Trinajstić information content (AvgIpc) is 2.33. The van der Waals surface area contributed by atoms with Crippen molar-refractivity contribution in [2.24, 2.45) is 0 Å². The van der Waals surface area contributed by atoms with Crippen molar-refractivity contribution in [3.63, 3.8) is 0 Å². The number of benzene rings is 1. The van der Waals surface area contributed by atoms with Crippen LogP contribution in [0.25, 0.3) is 0 Å². The van der Waals surface area contributed by atoms with Gasteiger partial charge in [0, 0.05) is 18.6 Å². The molecule has 0 aromatic heterocycles. The molecule has 5 heteroatoms. The molecule has 0 heterocycles. The molecule has 0 radical (unpaired) electrons. The number of methoxy groups -OCH3 is 1. The summed E-state index contributed by atoms with van der Waals surface area (Å²) in [7, 11) is 1.56. The number of rotatable bonds is 6. The van der Waals surface area contributed by atoms with Gasteiger partial charge in [0.25, 0.3) is 0 Å². The fraction of sp³-hybridized carbons (Fsp3) is 0.500. The van der Waals surface area contributed by atoms with Crippen LogP contribution in [0.2, 0.25) is 0 Å². The van der Waals surface area contributed by atoms with E-state index in [0.717, 1.165) is 6.54 Å². The second kappa shape index (κ2) is 6.43. The molecule has 1 aromatic carbocycles. The number of nitrogens with one attached hydrogen (secondary N) is 2. The van der Waals surface area contributed by atoms with E-state index in [1.807, 2.05) is 0 Å². The van der Waals surface area contributed by atoms with Crippen molar-refractivity contribution in [3.05, 3.63) is 23.8 Å². The maximum Gasteiger partial charge on any atom is 0.335 e. The van der Waals surface area contributed by atoms with Crippen LogP contribution in [0.3, 0.4) is 0 Å². The first-order valence-corrected chi connectivity index (χ1v) is 6.24. The summed E-state index contributed by atoms with van der Waals surface area (Å²) in [6.07, 6.45) is 0. The van der Waals surface area contributed by atoms with Gasteiger partial charge in [-0.3, -0.25) is 0 Å². The molecule has 0 atom stereocenters. The molecular weight excluding hydrogens is 244 g/mol. The first-order chi connectivity index (χ1) is 8.83. The molecular formula is C14H22N2O3. The van der Waals surface area contributed by atoms with E-state index in [2.05, 4.69) is 31.4 Å². The lowest BCUT2D eigenvalue weighted by atomic mass is 10.1. The Kier molecular flexibility index (Phi) is 5.18. The summed E-state index contributed by atoms with van der Waals surface area (Å²) in [6.45, 7) is 7.76. The number of carbonyl (C=O) groups is 1. The van der Waals surface area contributed by atoms with Gasteiger partial charge in [0.2, 0.25) is 0 Å². The zero-order valence-corrected chi connectivity index (χ0v) is 11.9. The number of aromatic carboxylic acids is 1. The Labute approximate surface area is 114 Å². The van der Waals surface area contributed by atoms with Crippen molar-refractivity contribution < 1.29 is 14.6 Å². The molecule has 5 nitrogen and oxygen atoms in total. The monoisotopic (exact) mass is 266 g/mol. The number of hydrogen-bond acceptors (Lipinski definition) is 4. The van der Waals surface area contributed by atoms with Crippen LogP contribution in [0.15, 0.2) is 18.2 Å². The van der Waals surface area contributed by atoms with Gasteiger partial charge in [-0.1, -0.05) is 0 Å². The SMILES string of the molecule is COc1ccc(C(=O)O)cc1NCCNC(C)(C)C. The van der Waals surface area contributed by atoms with Crippen LogP contribution in [0.5, 0.6) is 5.75 Å². The number of anilines is 1. The van der Waals surface area contributed by atoms with Gasteiger partial charge in [0.05, 0.1) is 18.4 Å². The van der Waals surface area contributed by atoms with E-state index >= 15 is 0 Å². The quantitative estimate of drug-likeness (QED) is 0.689. The maximum atomic E-state index is 10.9. The van der Waals surface area contributed by atoms with Gasteiger partial charge in [0.1, 0.15) is 5.75 Å². The van der Waals surface area contributed by atoms with Crippen LogP contribution >= 0.6 is 0 Å². The van der Waals surface area contributed by atoms with E-state index in [1.54, 1.807) is 19.2 Å². The fourth-order valence-corrected chi connectivity index (χ4v) is 1.61. The predicted octanol–water partition coefficient (Wildman–Crippen LogP) is 2.19. The zero-order valence-electron chi connectivity index (χ0n) is 11.9. The molecule has 0 aliphatic carbocycles. The predicted molar refractivity (Wildman–Crippen MR) is 76.2 cm³/mol. The second-order valence-electron chi connectivity index (χ2n) is 5.32. The largest absolute Gasteiger partial charge is 0.495 e. The highest BCUT2D eigenvalue weighted by molar-refractivity contribution is 5.89. The first kappa shape index (κ1) is 15.3. The molecule has 0 fully saturated rings. The highest BCUT2D eigenvalue weighted by Crippen LogP contribution is 2.25. The topological polar surface area (TPSA) is 70.6 Å². The summed E-state index contributed by atoms with van der Waals surface area (Å²) >= 11 is 0. The number of hydrogen-bond donors (Lipinski definition) is 3. The highest BCUT2D eigenvalue weighted by atomic mass is 16.5. The van der Waals surface area contributed by atoms with Crippen molar-refractivity contribution in [1.82, 2.24) is 5.32 Å². The fourth-order valence-electron chi connectivity index (χ4n) is 1.61. The summed E-state index contributed by atoms with van der Waals surface area (Å²) in [5.41, 5.74) is 1.000. The molecule has 0 saturated heterocycles. The van der Waals surface area contributed by atoms with Gasteiger partial charge in [-0.2, -0.15) is 0 Å². The Hall–Kier alpha value is -1.75. The van der Waals surface area contributed by atoms with Crippen LogP contribution in [-0.2, 0) is 0 Å². The molecule has 0 amide bonds. The molecule has 0 unspecified atom stereocenters. The van der Waals surface area contributed by atoms with E-state index in [4.69, 9.17) is 9.84 Å². The Morgan fingerprint density at radius 2 is 2.00 bits per heavy atom. The molecule has 3 N–H and O–H groups in total. The Morgan fingerprint density at radius 1 is 1.32 bits per heavy atom. The van der Waals surface area contributed by atoms with Crippen molar-refractivity contribution in [1.29, 1.82) is 0 Å². The third kappa shape index (κ3) is 5.18. The van der Waals surface area contributed by atoms with Crippen molar-refractivity contribution in [2.75, 3.05) is 25.5 Å². The first-order valence-electron chi connectivity index (χ1n) is 6.24. The molecule has 0 aliphatic rings. The average molecular weight is 266 g/mol. The normalized spacial score (nSPS) is 11.2. The number of ether oxygens (including phenoxy) is 1. The van der Waals surface area contributed by atoms with Crippen LogP contribution in [-0.4, -0.2) is 36.8 Å². The van der Waals surface area contributed by atoms with E-state index < -0.39 is 5.97 Å². The summed E-state index contributed by atoms with van der Waals surface area (Å²) < 4.78 is 5.20. The van der Waals surface area contributed by atoms with Crippen LogP contribution < -0.4 is 15.4 Å². The van der Waals surface area contributed by atoms with Gasteiger partial charge in [0.15, 0.2) is 0 Å². The van der Waals surface area contributed by atoms with E-state index in [1.165, 1.54) is 6.07 Å². The van der Waals surface area contributed by atoms with E-state index in [9.17, 15) is 4.79 Å². The minimum absolute atomic E-state index is 0.0642. The zero-order chi connectivity index (χ0) is 14.5. The highest BCUT2D eigenvalue weighted by Gasteiger charge is 2.10. The molecule has 0 bridgehead atoms. The summed E-state index contributed by atoms with van der Waals surface area (Å²) in [4.78, 5) is 10.9. The van der Waals surface area contributed by atoms with Gasteiger partial charge in [-0.25, -0.2) is 4.79 Å². The number of carboxylic acids is 1. The smallest absolute Gasteiger partial charge is 0.335 e. The van der Waals surface area contributed by atoms with Gasteiger partial charge in [-0.15, -0.1) is 0 Å². The molecule has 0 saturated carbocycles. The van der Waals surface area contributed by atoms with Crippen LogP contribution in [0, 0.1) is 0 Å². The maximum absolute atomic E-state index is 10.9. The van der Waals surface area contributed by atoms with Crippen LogP contribution in [0.4, 0.5) is 5.69 Å². The summed E-state index contributed by atoms with van der Waals surface area (Å²) in [5.74, 6) is -0.306. The standard InChI is InChI=1S/C14H22N2O3/c1-14(2,3)16-8-7-15-11-9-10(13(17)18)5-6-12(11)19-4/h5-6,9,15-16H,7-8H2,1-4H3,(H,17,18). The Balaban J connectivity index is 2.65. The molecule has 0 spiro atoms. The lowest BCUT2D eigenvalue weighted by molar-refractivity contribution is 0.0697. The van der Waals surface area contributed by atoms with Gasteiger partial charge in [-0.05, 0) is 39.0 Å². The van der Waals surface area contributed by atoms with E-state index in [0.29, 0.717) is 18.0 Å². The summed E-state index contributed by atoms with van der Waals surface area (Å²) in [5, 5.41) is 15.5. The third-order valence-corrected chi connectivity index (χ3v) is 2.54. The molecule has 1 aromatic rings. The molecule has 106 valence electrons. The molecule has 19 heavy (non-hydrogen) atoms. The minimum Gasteiger partial charge on any atom is -0.495 e.